The maximum Gasteiger partial charge on any atom is 0.330 e. The molecule has 0 aliphatic carbocycles. The molecule has 0 bridgehead atoms. The smallest absolute Gasteiger partial charge is 0.330 e. The summed E-state index contributed by atoms with van der Waals surface area (Å²) in [5.74, 6) is -3.11. The zero-order valence-corrected chi connectivity index (χ0v) is 25.4. The molecule has 2 aromatic carbocycles. The predicted molar refractivity (Wildman–Crippen MR) is 157 cm³/mol. The summed E-state index contributed by atoms with van der Waals surface area (Å²) in [5.41, 5.74) is 0.938. The summed E-state index contributed by atoms with van der Waals surface area (Å²) in [4.78, 5) is 24.2. The topological polar surface area (TPSA) is 251 Å². The van der Waals surface area contributed by atoms with Gasteiger partial charge in [-0.1, -0.05) is 12.1 Å². The fourth-order valence-corrected chi connectivity index (χ4v) is 4.96. The molecule has 2 aliphatic rings. The number of rotatable bonds is 11. The molecule has 0 aromatic heterocycles. The summed E-state index contributed by atoms with van der Waals surface area (Å²) in [7, 11) is 0. The lowest BCUT2D eigenvalue weighted by atomic mass is 9.97. The van der Waals surface area contributed by atoms with E-state index < -0.39 is 85.7 Å². The number of carbonyl (C=O) groups is 2. The van der Waals surface area contributed by atoms with E-state index in [-0.39, 0.29) is 30.3 Å². The molecule has 10 atom stereocenters. The van der Waals surface area contributed by atoms with Crippen LogP contribution in [0.5, 0.6) is 23.0 Å². The van der Waals surface area contributed by atoms with Crippen LogP contribution in [0.2, 0.25) is 0 Å². The number of phenolic OH excluding ortho intramolecular Hbond substituents is 4. The maximum absolute atomic E-state index is 12.5. The Morgan fingerprint density at radius 1 is 0.809 bits per heavy atom. The number of aliphatic hydroxyl groups excluding tert-OH is 4. The van der Waals surface area contributed by atoms with E-state index in [0.717, 1.165) is 13.0 Å². The molecular formula is C31H38O16. The predicted octanol–water partition coefficient (Wildman–Crippen LogP) is -0.445. The van der Waals surface area contributed by atoms with Gasteiger partial charge in [0.1, 0.15) is 43.2 Å². The molecule has 8 N–H and O–H groups in total. The first kappa shape index (κ1) is 35.8. The van der Waals surface area contributed by atoms with Crippen molar-refractivity contribution >= 4 is 18.0 Å². The summed E-state index contributed by atoms with van der Waals surface area (Å²) in [6.45, 7) is 1.82. The molecule has 0 spiro atoms. The van der Waals surface area contributed by atoms with Gasteiger partial charge in [0.25, 0.3) is 0 Å². The fraction of sp³-hybridized carbons (Fsp3) is 0.484. The molecule has 0 amide bonds. The Morgan fingerprint density at radius 3 is 2.15 bits per heavy atom. The van der Waals surface area contributed by atoms with Gasteiger partial charge in [-0.2, -0.15) is 0 Å². The highest BCUT2D eigenvalue weighted by atomic mass is 16.7. The van der Waals surface area contributed by atoms with E-state index in [0.29, 0.717) is 11.1 Å². The first-order valence-corrected chi connectivity index (χ1v) is 14.6. The minimum Gasteiger partial charge on any atom is -0.504 e. The number of benzene rings is 2. The monoisotopic (exact) mass is 666 g/mol. The largest absolute Gasteiger partial charge is 0.504 e. The van der Waals surface area contributed by atoms with Gasteiger partial charge in [0.05, 0.1) is 12.7 Å². The highest BCUT2D eigenvalue weighted by Gasteiger charge is 2.52. The van der Waals surface area contributed by atoms with Gasteiger partial charge in [0.2, 0.25) is 0 Å². The second kappa shape index (κ2) is 15.7. The standard InChI is InChI=1S/C31H38O16/c1-14-24(38)26(40)29(45-15(2)32)31(44-14)47-28-25(39)22(13-43-23(37)8-5-16-3-6-18(33)20(35)11-16)46-30(27(28)41)42-10-9-17-4-7-19(34)21(36)12-17/h3-8,11-12,14,22,24-31,33-36,38-41H,9-10,13H2,1-2H3. The lowest BCUT2D eigenvalue weighted by Crippen LogP contribution is -2.64. The van der Waals surface area contributed by atoms with E-state index in [1.165, 1.54) is 49.4 Å². The van der Waals surface area contributed by atoms with Gasteiger partial charge in [-0.15, -0.1) is 0 Å². The van der Waals surface area contributed by atoms with Crippen molar-refractivity contribution in [2.45, 2.75) is 81.7 Å². The van der Waals surface area contributed by atoms with Gasteiger partial charge in [-0.3, -0.25) is 4.79 Å². The quantitative estimate of drug-likeness (QED) is 0.0859. The average Bonchev–Trinajstić information content (AvgIpc) is 3.02. The number of phenols is 4. The van der Waals surface area contributed by atoms with E-state index in [1.807, 2.05) is 0 Å². The first-order chi connectivity index (χ1) is 22.2. The Kier molecular flexibility index (Phi) is 12.0. The van der Waals surface area contributed by atoms with Gasteiger partial charge in [0, 0.05) is 13.0 Å². The highest BCUT2D eigenvalue weighted by Crippen LogP contribution is 2.32. The van der Waals surface area contributed by atoms with Crippen molar-refractivity contribution in [3.63, 3.8) is 0 Å². The Bertz CT molecular complexity index is 1410. The minimum atomic E-state index is -1.71. The molecule has 47 heavy (non-hydrogen) atoms. The van der Waals surface area contributed by atoms with Crippen molar-refractivity contribution in [3.8, 4) is 23.0 Å². The number of carbonyl (C=O) groups excluding carboxylic acids is 2. The third kappa shape index (κ3) is 9.09. The highest BCUT2D eigenvalue weighted by molar-refractivity contribution is 5.87. The van der Waals surface area contributed by atoms with Crippen molar-refractivity contribution in [3.05, 3.63) is 53.6 Å². The third-order valence-electron chi connectivity index (χ3n) is 7.53. The number of hydrogen-bond acceptors (Lipinski definition) is 16. The molecule has 258 valence electrons. The Labute approximate surface area is 268 Å². The minimum absolute atomic E-state index is 0.0958. The second-order valence-corrected chi connectivity index (χ2v) is 11.0. The van der Waals surface area contributed by atoms with E-state index in [1.54, 1.807) is 0 Å². The van der Waals surface area contributed by atoms with Crippen LogP contribution >= 0.6 is 0 Å². The van der Waals surface area contributed by atoms with Crippen LogP contribution in [0, 0.1) is 0 Å². The van der Waals surface area contributed by atoms with E-state index in [9.17, 15) is 50.4 Å². The fourth-order valence-electron chi connectivity index (χ4n) is 4.96. The van der Waals surface area contributed by atoms with Crippen LogP contribution in [-0.4, -0.2) is 127 Å². The molecule has 2 fully saturated rings. The molecule has 2 saturated heterocycles. The Morgan fingerprint density at radius 2 is 1.49 bits per heavy atom. The van der Waals surface area contributed by atoms with Crippen LogP contribution in [0.3, 0.4) is 0 Å². The van der Waals surface area contributed by atoms with Gasteiger partial charge in [-0.25, -0.2) is 4.79 Å². The molecule has 2 aromatic rings. The first-order valence-electron chi connectivity index (χ1n) is 14.6. The van der Waals surface area contributed by atoms with Gasteiger partial charge >= 0.3 is 11.9 Å². The maximum atomic E-state index is 12.5. The zero-order chi connectivity index (χ0) is 34.4. The van der Waals surface area contributed by atoms with Crippen LogP contribution in [0.15, 0.2) is 42.5 Å². The molecule has 16 heteroatoms. The third-order valence-corrected chi connectivity index (χ3v) is 7.53. The van der Waals surface area contributed by atoms with Crippen molar-refractivity contribution in [1.29, 1.82) is 0 Å². The van der Waals surface area contributed by atoms with Crippen molar-refractivity contribution < 1.29 is 78.9 Å². The summed E-state index contributed by atoms with van der Waals surface area (Å²) in [5, 5.41) is 81.6. The molecule has 0 radical (unpaired) electrons. The van der Waals surface area contributed by atoms with Gasteiger partial charge in [-0.05, 0) is 54.8 Å². The molecule has 2 aliphatic heterocycles. The number of aromatic hydroxyl groups is 4. The molecule has 16 nitrogen and oxygen atoms in total. The summed E-state index contributed by atoms with van der Waals surface area (Å²) in [6.07, 6.45) is -12.6. The summed E-state index contributed by atoms with van der Waals surface area (Å²) >= 11 is 0. The van der Waals surface area contributed by atoms with Crippen LogP contribution in [0.4, 0.5) is 0 Å². The number of ether oxygens (including phenoxy) is 6. The summed E-state index contributed by atoms with van der Waals surface area (Å²) in [6, 6.07) is 8.02. The van der Waals surface area contributed by atoms with Crippen LogP contribution in [0.25, 0.3) is 6.08 Å². The van der Waals surface area contributed by atoms with Gasteiger partial charge < -0.3 is 69.3 Å². The SMILES string of the molecule is CC(=O)OC1C(OC2C(O)C(COC(=O)C=Cc3ccc(O)c(O)c3)OC(OCCc3ccc(O)c(O)c3)C2O)OC(C)C(O)C1O. The average molecular weight is 667 g/mol. The summed E-state index contributed by atoms with van der Waals surface area (Å²) < 4.78 is 33.3. The van der Waals surface area contributed by atoms with Crippen LogP contribution in [-0.2, 0) is 44.4 Å². The molecular weight excluding hydrogens is 628 g/mol. The lowest BCUT2D eigenvalue weighted by Gasteiger charge is -2.46. The number of aliphatic hydroxyl groups is 4. The van der Waals surface area contributed by atoms with Gasteiger partial charge in [0.15, 0.2) is 41.7 Å². The van der Waals surface area contributed by atoms with Crippen molar-refractivity contribution in [1.82, 2.24) is 0 Å². The zero-order valence-electron chi connectivity index (χ0n) is 25.4. The van der Waals surface area contributed by atoms with E-state index in [4.69, 9.17) is 28.4 Å². The Balaban J connectivity index is 1.49. The van der Waals surface area contributed by atoms with E-state index >= 15 is 0 Å². The lowest BCUT2D eigenvalue weighted by molar-refractivity contribution is -0.357. The normalized spacial score (nSPS) is 31.0. The van der Waals surface area contributed by atoms with Crippen LogP contribution in [0.1, 0.15) is 25.0 Å². The second-order valence-electron chi connectivity index (χ2n) is 11.0. The molecule has 0 saturated carbocycles. The molecule has 4 rings (SSSR count). The number of esters is 2. The Hall–Kier alpha value is -4.00. The molecule has 10 unspecified atom stereocenters. The van der Waals surface area contributed by atoms with Crippen molar-refractivity contribution in [2.75, 3.05) is 13.2 Å². The molecule has 2 heterocycles. The van der Waals surface area contributed by atoms with Crippen molar-refractivity contribution in [2.24, 2.45) is 0 Å². The number of hydrogen-bond donors (Lipinski definition) is 8. The van der Waals surface area contributed by atoms with E-state index in [2.05, 4.69) is 0 Å². The van der Waals surface area contributed by atoms with Crippen LogP contribution < -0.4 is 0 Å².